The summed E-state index contributed by atoms with van der Waals surface area (Å²) in [6, 6.07) is 2.01. The SMILES string of the molecule is O=C(CSC1CCNCC1)NCc1sccc1Br. The normalized spacial score (nSPS) is 16.7. The van der Waals surface area contributed by atoms with Crippen LogP contribution in [0.15, 0.2) is 15.9 Å². The lowest BCUT2D eigenvalue weighted by molar-refractivity contribution is -0.118. The van der Waals surface area contributed by atoms with Gasteiger partial charge in [0, 0.05) is 14.6 Å². The van der Waals surface area contributed by atoms with Crippen LogP contribution in [-0.2, 0) is 11.3 Å². The third-order valence-electron chi connectivity index (χ3n) is 2.87. The molecule has 0 unspecified atom stereocenters. The summed E-state index contributed by atoms with van der Waals surface area (Å²) in [4.78, 5) is 12.9. The largest absolute Gasteiger partial charge is 0.350 e. The lowest BCUT2D eigenvalue weighted by Crippen LogP contribution is -2.31. The minimum absolute atomic E-state index is 0.138. The quantitative estimate of drug-likeness (QED) is 0.859. The number of carbonyl (C=O) groups is 1. The van der Waals surface area contributed by atoms with Gasteiger partial charge in [-0.3, -0.25) is 4.79 Å². The van der Waals surface area contributed by atoms with Crippen LogP contribution < -0.4 is 10.6 Å². The molecule has 0 spiro atoms. The highest BCUT2D eigenvalue weighted by Crippen LogP contribution is 2.22. The lowest BCUT2D eigenvalue weighted by Gasteiger charge is -2.21. The second-order valence-corrected chi connectivity index (χ2v) is 7.37. The van der Waals surface area contributed by atoms with Gasteiger partial charge < -0.3 is 10.6 Å². The van der Waals surface area contributed by atoms with Gasteiger partial charge in [0.05, 0.1) is 12.3 Å². The molecule has 1 aliphatic rings. The Morgan fingerprint density at radius 1 is 1.56 bits per heavy atom. The maximum absolute atomic E-state index is 11.7. The van der Waals surface area contributed by atoms with E-state index in [2.05, 4.69) is 26.6 Å². The van der Waals surface area contributed by atoms with Crippen molar-refractivity contribution in [2.24, 2.45) is 0 Å². The molecule has 2 N–H and O–H groups in total. The molecule has 0 bridgehead atoms. The summed E-state index contributed by atoms with van der Waals surface area (Å²) >= 11 is 6.91. The molecular weight excluding hydrogens is 332 g/mol. The zero-order valence-corrected chi connectivity index (χ0v) is 13.3. The predicted molar refractivity (Wildman–Crippen MR) is 82.2 cm³/mol. The van der Waals surface area contributed by atoms with Crippen molar-refractivity contribution in [3.05, 3.63) is 20.8 Å². The first-order valence-electron chi connectivity index (χ1n) is 6.06. The van der Waals surface area contributed by atoms with Crippen molar-refractivity contribution in [3.63, 3.8) is 0 Å². The van der Waals surface area contributed by atoms with Crippen molar-refractivity contribution in [2.75, 3.05) is 18.8 Å². The van der Waals surface area contributed by atoms with Crippen LogP contribution in [0.2, 0.25) is 0 Å². The van der Waals surface area contributed by atoms with E-state index in [1.807, 2.05) is 11.4 Å². The highest BCUT2D eigenvalue weighted by molar-refractivity contribution is 9.10. The van der Waals surface area contributed by atoms with E-state index >= 15 is 0 Å². The topological polar surface area (TPSA) is 41.1 Å². The Morgan fingerprint density at radius 2 is 2.33 bits per heavy atom. The summed E-state index contributed by atoms with van der Waals surface area (Å²) < 4.78 is 1.08. The van der Waals surface area contributed by atoms with Crippen LogP contribution in [-0.4, -0.2) is 30.0 Å². The van der Waals surface area contributed by atoms with Crippen LogP contribution in [0.5, 0.6) is 0 Å². The summed E-state index contributed by atoms with van der Waals surface area (Å²) in [6.07, 6.45) is 2.35. The molecular formula is C12H17BrN2OS2. The van der Waals surface area contributed by atoms with Crippen molar-refractivity contribution in [1.82, 2.24) is 10.6 Å². The Bertz CT molecular complexity index is 391. The van der Waals surface area contributed by atoms with Crippen molar-refractivity contribution >= 4 is 44.9 Å². The number of rotatable bonds is 5. The summed E-state index contributed by atoms with van der Waals surface area (Å²) in [5, 5.41) is 8.97. The molecule has 1 aliphatic heterocycles. The zero-order valence-electron chi connectivity index (χ0n) is 10.1. The van der Waals surface area contributed by atoms with E-state index in [0.717, 1.165) is 17.6 Å². The third-order valence-corrected chi connectivity index (χ3v) is 6.17. The van der Waals surface area contributed by atoms with Crippen LogP contribution in [0.1, 0.15) is 17.7 Å². The Kier molecular flexibility index (Phi) is 6.01. The standard InChI is InChI=1S/C12H17BrN2OS2/c13-10-3-6-17-11(10)7-15-12(16)8-18-9-1-4-14-5-2-9/h3,6,9,14H,1-2,4-5,7-8H2,(H,15,16). The van der Waals surface area contributed by atoms with Gasteiger partial charge in [0.15, 0.2) is 0 Å². The van der Waals surface area contributed by atoms with Gasteiger partial charge in [-0.15, -0.1) is 23.1 Å². The summed E-state index contributed by atoms with van der Waals surface area (Å²) in [6.45, 7) is 2.80. The van der Waals surface area contributed by atoms with Gasteiger partial charge >= 0.3 is 0 Å². The van der Waals surface area contributed by atoms with Crippen LogP contribution in [0.25, 0.3) is 0 Å². The minimum Gasteiger partial charge on any atom is -0.350 e. The first kappa shape index (κ1) is 14.4. The van der Waals surface area contributed by atoms with Gasteiger partial charge in [0.1, 0.15) is 0 Å². The number of thiophene rings is 1. The summed E-state index contributed by atoms with van der Waals surface area (Å²) in [5.74, 6) is 0.715. The van der Waals surface area contributed by atoms with Gasteiger partial charge in [0.25, 0.3) is 0 Å². The number of halogens is 1. The lowest BCUT2D eigenvalue weighted by atomic mass is 10.2. The van der Waals surface area contributed by atoms with Gasteiger partial charge in [0.2, 0.25) is 5.91 Å². The van der Waals surface area contributed by atoms with E-state index in [0.29, 0.717) is 17.5 Å². The molecule has 2 heterocycles. The molecule has 1 fully saturated rings. The molecule has 100 valence electrons. The van der Waals surface area contributed by atoms with Crippen molar-refractivity contribution in [3.8, 4) is 0 Å². The molecule has 3 nitrogen and oxygen atoms in total. The molecule has 0 radical (unpaired) electrons. The number of piperidine rings is 1. The molecule has 1 saturated heterocycles. The third kappa shape index (κ3) is 4.57. The number of carbonyl (C=O) groups excluding carboxylic acids is 1. The second-order valence-electron chi connectivity index (χ2n) is 4.23. The first-order chi connectivity index (χ1) is 8.75. The highest BCUT2D eigenvalue weighted by atomic mass is 79.9. The van der Waals surface area contributed by atoms with Crippen molar-refractivity contribution in [2.45, 2.75) is 24.6 Å². The fourth-order valence-corrected chi connectivity index (χ4v) is 4.33. The molecule has 18 heavy (non-hydrogen) atoms. The van der Waals surface area contributed by atoms with Gasteiger partial charge in [-0.1, -0.05) is 0 Å². The Hall–Kier alpha value is -0.0400. The number of hydrogen-bond donors (Lipinski definition) is 2. The van der Waals surface area contributed by atoms with Crippen LogP contribution in [0, 0.1) is 0 Å². The summed E-state index contributed by atoms with van der Waals surface area (Å²) in [7, 11) is 0. The highest BCUT2D eigenvalue weighted by Gasteiger charge is 2.14. The average molecular weight is 349 g/mol. The number of nitrogens with one attached hydrogen (secondary N) is 2. The average Bonchev–Trinajstić information content (AvgIpc) is 2.81. The molecule has 2 rings (SSSR count). The minimum atomic E-state index is 0.138. The van der Waals surface area contributed by atoms with E-state index in [1.165, 1.54) is 17.7 Å². The van der Waals surface area contributed by atoms with E-state index < -0.39 is 0 Å². The number of thioether (sulfide) groups is 1. The Morgan fingerprint density at radius 3 is 3.00 bits per heavy atom. The Balaban J connectivity index is 1.64. The first-order valence-corrected chi connectivity index (χ1v) is 8.78. The number of amides is 1. The van der Waals surface area contributed by atoms with Gasteiger partial charge in [-0.25, -0.2) is 0 Å². The molecule has 0 atom stereocenters. The van der Waals surface area contributed by atoms with Crippen LogP contribution >= 0.6 is 39.0 Å². The molecule has 0 aromatic carbocycles. The summed E-state index contributed by atoms with van der Waals surface area (Å²) in [5.41, 5.74) is 0. The zero-order chi connectivity index (χ0) is 12.8. The van der Waals surface area contributed by atoms with Gasteiger partial charge in [-0.05, 0) is 53.3 Å². The van der Waals surface area contributed by atoms with Gasteiger partial charge in [-0.2, -0.15) is 0 Å². The Labute approximate surface area is 124 Å². The molecule has 1 amide bonds. The maximum atomic E-state index is 11.7. The smallest absolute Gasteiger partial charge is 0.230 e. The van der Waals surface area contributed by atoms with E-state index in [1.54, 1.807) is 23.1 Å². The molecule has 6 heteroatoms. The fourth-order valence-electron chi connectivity index (χ4n) is 1.84. The predicted octanol–water partition coefficient (Wildman–Crippen LogP) is 2.61. The van der Waals surface area contributed by atoms with Crippen LogP contribution in [0.4, 0.5) is 0 Å². The molecule has 1 aromatic heterocycles. The van der Waals surface area contributed by atoms with E-state index in [-0.39, 0.29) is 5.91 Å². The number of hydrogen-bond acceptors (Lipinski definition) is 4. The van der Waals surface area contributed by atoms with E-state index in [9.17, 15) is 4.79 Å². The van der Waals surface area contributed by atoms with E-state index in [4.69, 9.17) is 0 Å². The monoisotopic (exact) mass is 348 g/mol. The maximum Gasteiger partial charge on any atom is 0.230 e. The second kappa shape index (κ2) is 7.53. The van der Waals surface area contributed by atoms with Crippen molar-refractivity contribution in [1.29, 1.82) is 0 Å². The fraction of sp³-hybridized carbons (Fsp3) is 0.583. The van der Waals surface area contributed by atoms with Crippen molar-refractivity contribution < 1.29 is 4.79 Å². The van der Waals surface area contributed by atoms with Crippen LogP contribution in [0.3, 0.4) is 0 Å². The molecule has 0 saturated carbocycles. The molecule has 0 aliphatic carbocycles. The molecule has 1 aromatic rings.